The minimum absolute atomic E-state index is 0.242. The first kappa shape index (κ1) is 25.1. The highest BCUT2D eigenvalue weighted by Crippen LogP contribution is 2.33. The first-order valence-corrected chi connectivity index (χ1v) is 12.6. The Labute approximate surface area is 214 Å². The van der Waals surface area contributed by atoms with Crippen LogP contribution in [0.5, 0.6) is 0 Å². The molecule has 0 bridgehead atoms. The number of hydrogen-bond acceptors (Lipinski definition) is 5. The van der Waals surface area contributed by atoms with Crippen LogP contribution >= 0.6 is 15.9 Å². The number of halogens is 1. The molecule has 184 valence electrons. The van der Waals surface area contributed by atoms with Crippen molar-refractivity contribution in [3.05, 3.63) is 64.0 Å². The Kier molecular flexibility index (Phi) is 7.12. The summed E-state index contributed by atoms with van der Waals surface area (Å²) >= 11 is 3.39. The summed E-state index contributed by atoms with van der Waals surface area (Å²) in [7, 11) is 0. The van der Waals surface area contributed by atoms with E-state index < -0.39 is 5.60 Å². The SMILES string of the molecule is Cc1cc(C)c2c(N(C(=O)c3ccc(Br)cn3)[C@@H]3CCCN(C(=O)OC(C)(C)C)C3)nccc2c1. The van der Waals surface area contributed by atoms with E-state index in [1.165, 1.54) is 0 Å². The number of carbonyl (C=O) groups is 2. The van der Waals surface area contributed by atoms with Gasteiger partial charge in [0.1, 0.15) is 17.1 Å². The highest BCUT2D eigenvalue weighted by Gasteiger charge is 2.35. The summed E-state index contributed by atoms with van der Waals surface area (Å²) in [6.45, 7) is 10.6. The highest BCUT2D eigenvalue weighted by molar-refractivity contribution is 9.10. The van der Waals surface area contributed by atoms with Crippen molar-refractivity contribution in [3.8, 4) is 0 Å². The molecule has 1 aliphatic rings. The smallest absolute Gasteiger partial charge is 0.410 e. The van der Waals surface area contributed by atoms with Gasteiger partial charge in [-0.05, 0) is 92.5 Å². The van der Waals surface area contributed by atoms with Crippen molar-refractivity contribution in [2.45, 2.75) is 59.1 Å². The minimum Gasteiger partial charge on any atom is -0.444 e. The van der Waals surface area contributed by atoms with Crippen LogP contribution in [-0.4, -0.2) is 51.6 Å². The molecule has 3 heterocycles. The van der Waals surface area contributed by atoms with E-state index in [2.05, 4.69) is 40.0 Å². The number of pyridine rings is 2. The van der Waals surface area contributed by atoms with Gasteiger partial charge in [-0.3, -0.25) is 9.69 Å². The third-order valence-corrected chi connectivity index (χ3v) is 6.46. The largest absolute Gasteiger partial charge is 0.444 e. The number of fused-ring (bicyclic) bond motifs is 1. The Morgan fingerprint density at radius 1 is 1.14 bits per heavy atom. The van der Waals surface area contributed by atoms with Crippen LogP contribution < -0.4 is 4.90 Å². The number of aryl methyl sites for hydroxylation is 2. The van der Waals surface area contributed by atoms with Crippen LogP contribution in [-0.2, 0) is 4.74 Å². The topological polar surface area (TPSA) is 75.6 Å². The van der Waals surface area contributed by atoms with Crippen LogP contribution in [0, 0.1) is 13.8 Å². The first-order chi connectivity index (χ1) is 16.5. The standard InChI is InChI=1S/C27H31BrN4O3/c1-17-13-18(2)23-19(14-17)10-11-29-24(23)32(25(33)22-9-8-20(28)15-30-22)21-7-6-12-31(16-21)26(34)35-27(3,4)5/h8-11,13-15,21H,6-7,12,16H2,1-5H3/t21-/m1/s1. The maximum atomic E-state index is 14.0. The minimum atomic E-state index is -0.590. The van der Waals surface area contributed by atoms with Gasteiger partial charge >= 0.3 is 6.09 Å². The summed E-state index contributed by atoms with van der Waals surface area (Å²) in [5, 5.41) is 1.95. The van der Waals surface area contributed by atoms with Gasteiger partial charge in [0.15, 0.2) is 0 Å². The number of anilines is 1. The average molecular weight is 539 g/mol. The maximum Gasteiger partial charge on any atom is 0.410 e. The Morgan fingerprint density at radius 3 is 2.60 bits per heavy atom. The number of nitrogens with zero attached hydrogens (tertiary/aromatic N) is 4. The molecule has 0 N–H and O–H groups in total. The zero-order chi connectivity index (χ0) is 25.3. The zero-order valence-electron chi connectivity index (χ0n) is 20.8. The van der Waals surface area contributed by atoms with E-state index in [9.17, 15) is 9.59 Å². The van der Waals surface area contributed by atoms with Gasteiger partial charge in [0.05, 0.1) is 6.04 Å². The number of piperidine rings is 1. The number of benzene rings is 1. The summed E-state index contributed by atoms with van der Waals surface area (Å²) in [5.74, 6) is 0.347. The molecule has 1 aliphatic heterocycles. The fourth-order valence-corrected chi connectivity index (χ4v) is 4.83. The molecule has 1 saturated heterocycles. The molecule has 1 atom stereocenters. The molecule has 1 aromatic carbocycles. The number of likely N-dealkylation sites (tertiary alicyclic amines) is 1. The molecule has 0 spiro atoms. The van der Waals surface area contributed by atoms with Gasteiger partial charge in [0.2, 0.25) is 0 Å². The third kappa shape index (κ3) is 5.64. The van der Waals surface area contributed by atoms with E-state index in [1.54, 1.807) is 34.3 Å². The van der Waals surface area contributed by atoms with Crippen molar-refractivity contribution in [3.63, 3.8) is 0 Å². The number of carbonyl (C=O) groups excluding carboxylic acids is 2. The summed E-state index contributed by atoms with van der Waals surface area (Å²) < 4.78 is 6.42. The fourth-order valence-electron chi connectivity index (χ4n) is 4.59. The van der Waals surface area contributed by atoms with E-state index in [0.29, 0.717) is 24.6 Å². The van der Waals surface area contributed by atoms with Crippen LogP contribution in [0.2, 0.25) is 0 Å². The predicted octanol–water partition coefficient (Wildman–Crippen LogP) is 6.06. The molecule has 8 heteroatoms. The lowest BCUT2D eigenvalue weighted by Crippen LogP contribution is -2.53. The summed E-state index contributed by atoms with van der Waals surface area (Å²) in [6, 6.07) is 9.40. The second-order valence-electron chi connectivity index (χ2n) is 10.1. The molecule has 2 amide bonds. The van der Waals surface area contributed by atoms with E-state index in [1.807, 2.05) is 33.8 Å². The van der Waals surface area contributed by atoms with Crippen molar-refractivity contribution in [2.75, 3.05) is 18.0 Å². The first-order valence-electron chi connectivity index (χ1n) is 11.8. The Morgan fingerprint density at radius 2 is 1.91 bits per heavy atom. The van der Waals surface area contributed by atoms with Crippen LogP contribution in [0.4, 0.5) is 10.6 Å². The van der Waals surface area contributed by atoms with Crippen molar-refractivity contribution < 1.29 is 14.3 Å². The molecule has 0 unspecified atom stereocenters. The summed E-state index contributed by atoms with van der Waals surface area (Å²) in [4.78, 5) is 39.3. The number of rotatable bonds is 3. The average Bonchev–Trinajstić information content (AvgIpc) is 2.78. The van der Waals surface area contributed by atoms with Gasteiger partial charge < -0.3 is 9.64 Å². The van der Waals surface area contributed by atoms with E-state index in [-0.39, 0.29) is 18.0 Å². The molecule has 0 aliphatic carbocycles. The molecule has 3 aromatic rings. The number of hydrogen-bond donors (Lipinski definition) is 0. The Hall–Kier alpha value is -3.00. The van der Waals surface area contributed by atoms with Gasteiger partial charge in [-0.2, -0.15) is 0 Å². The Balaban J connectivity index is 1.79. The fraction of sp³-hybridized carbons (Fsp3) is 0.407. The molecule has 0 radical (unpaired) electrons. The molecule has 35 heavy (non-hydrogen) atoms. The van der Waals surface area contributed by atoms with Crippen molar-refractivity contribution >= 4 is 44.5 Å². The number of aromatic nitrogens is 2. The van der Waals surface area contributed by atoms with Gasteiger partial charge in [-0.25, -0.2) is 14.8 Å². The van der Waals surface area contributed by atoms with E-state index in [0.717, 1.165) is 39.2 Å². The Bertz CT molecular complexity index is 1250. The molecule has 1 fully saturated rings. The second-order valence-corrected chi connectivity index (χ2v) is 11.0. The predicted molar refractivity (Wildman–Crippen MR) is 141 cm³/mol. The lowest BCUT2D eigenvalue weighted by atomic mass is 10.00. The van der Waals surface area contributed by atoms with Crippen LogP contribution in [0.15, 0.2) is 47.2 Å². The third-order valence-electron chi connectivity index (χ3n) is 5.99. The van der Waals surface area contributed by atoms with Gasteiger partial charge in [0.25, 0.3) is 5.91 Å². The number of amides is 2. The van der Waals surface area contributed by atoms with Crippen LogP contribution in [0.3, 0.4) is 0 Å². The molecular formula is C27H31BrN4O3. The van der Waals surface area contributed by atoms with Gasteiger partial charge in [-0.1, -0.05) is 17.7 Å². The molecule has 2 aromatic heterocycles. The summed E-state index contributed by atoms with van der Waals surface area (Å²) in [6.07, 6.45) is 4.48. The second kappa shape index (κ2) is 9.93. The molecular weight excluding hydrogens is 508 g/mol. The molecule has 7 nitrogen and oxygen atoms in total. The highest BCUT2D eigenvalue weighted by atomic mass is 79.9. The number of ether oxygens (including phenoxy) is 1. The van der Waals surface area contributed by atoms with E-state index >= 15 is 0 Å². The summed E-state index contributed by atoms with van der Waals surface area (Å²) in [5.41, 5.74) is 1.93. The van der Waals surface area contributed by atoms with E-state index in [4.69, 9.17) is 9.72 Å². The van der Waals surface area contributed by atoms with Crippen LogP contribution in [0.1, 0.15) is 55.2 Å². The normalized spacial score (nSPS) is 16.3. The van der Waals surface area contributed by atoms with Crippen molar-refractivity contribution in [2.24, 2.45) is 0 Å². The molecule has 4 rings (SSSR count). The van der Waals surface area contributed by atoms with Crippen molar-refractivity contribution in [1.29, 1.82) is 0 Å². The monoisotopic (exact) mass is 538 g/mol. The van der Waals surface area contributed by atoms with Gasteiger partial charge in [0, 0.05) is 35.3 Å². The maximum absolute atomic E-state index is 14.0. The van der Waals surface area contributed by atoms with Crippen molar-refractivity contribution in [1.82, 2.24) is 14.9 Å². The quantitative estimate of drug-likeness (QED) is 0.405. The molecule has 0 saturated carbocycles. The lowest BCUT2D eigenvalue weighted by Gasteiger charge is -2.39. The lowest BCUT2D eigenvalue weighted by molar-refractivity contribution is 0.0196. The zero-order valence-corrected chi connectivity index (χ0v) is 22.4. The van der Waals surface area contributed by atoms with Crippen LogP contribution in [0.25, 0.3) is 10.8 Å². The van der Waals surface area contributed by atoms with Gasteiger partial charge in [-0.15, -0.1) is 0 Å².